The normalized spacial score (nSPS) is 5.46. The van der Waals surface area contributed by atoms with E-state index in [1.165, 1.54) is 0 Å². The van der Waals surface area contributed by atoms with Crippen molar-refractivity contribution in [2.45, 2.75) is 13.8 Å². The molecule has 0 N–H and O–H groups in total. The van der Waals surface area contributed by atoms with Crippen LogP contribution in [0.3, 0.4) is 0 Å². The number of carboxylic acids is 2. The fraction of sp³-hybridized carbons (Fsp3) is 0.500. The van der Waals surface area contributed by atoms with Crippen LogP contribution in [0.4, 0.5) is 0 Å². The zero-order valence-corrected chi connectivity index (χ0v) is 12.7. The molecule has 0 aromatic heterocycles. The zero-order valence-electron chi connectivity index (χ0n) is 7.60. The summed E-state index contributed by atoms with van der Waals surface area (Å²) in [7, 11) is -1.08. The first-order valence-electron chi connectivity index (χ1n) is 2.18. The monoisotopic (exact) mass is 244 g/mol. The van der Waals surface area contributed by atoms with E-state index >= 15 is 0 Å². The first-order valence-corrected chi connectivity index (χ1v) is 2.91. The molecule has 9 heteroatoms. The maximum atomic E-state index is 8.89. The Morgan fingerprint density at radius 3 is 1.08 bits per heavy atom. The number of carboxylic acid groups (broad SMARTS) is 2. The molecule has 6 nitrogen and oxygen atoms in total. The van der Waals surface area contributed by atoms with Gasteiger partial charge in [0.05, 0.1) is 8.69 Å². The topological polar surface area (TPSA) is 120 Å². The van der Waals surface area contributed by atoms with Crippen LogP contribution in [0.25, 0.3) is 0 Å². The van der Waals surface area contributed by atoms with Crippen LogP contribution in [-0.4, -0.2) is 49.7 Å². The number of carbonyl (C=O) groups is 2. The largest absolute Gasteiger partial charge is 2.00 e. The maximum absolute atomic E-state index is 8.89. The van der Waals surface area contributed by atoms with E-state index in [0.29, 0.717) is 0 Å². The summed E-state index contributed by atoms with van der Waals surface area (Å²) in [4.78, 5) is 26.1. The molecule has 0 aliphatic carbocycles. The second-order valence-electron chi connectivity index (χ2n) is 1.06. The van der Waals surface area contributed by atoms with Gasteiger partial charge in [0.2, 0.25) is 0 Å². The molecular weight excluding hydrogens is 238 g/mol. The van der Waals surface area contributed by atoms with Crippen molar-refractivity contribution in [1.29, 1.82) is 0 Å². The van der Waals surface area contributed by atoms with Crippen molar-refractivity contribution in [3.8, 4) is 0 Å². The van der Waals surface area contributed by atoms with Crippen LogP contribution in [0, 0.1) is 0 Å². The molecule has 0 bridgehead atoms. The molecule has 0 spiro atoms. The van der Waals surface area contributed by atoms with Gasteiger partial charge in [0.15, 0.2) is 0 Å². The fourth-order valence-corrected chi connectivity index (χ4v) is 0. The van der Waals surface area contributed by atoms with E-state index in [0.717, 1.165) is 13.8 Å². The first-order chi connectivity index (χ1) is 4.88. The quantitative estimate of drug-likeness (QED) is 0.308. The number of hydrogen-bond donors (Lipinski definition) is 0. The van der Waals surface area contributed by atoms with Crippen molar-refractivity contribution in [2.75, 3.05) is 0 Å². The van der Waals surface area contributed by atoms with E-state index in [1.807, 2.05) is 0 Å². The second-order valence-corrected chi connectivity index (χ2v) is 1.21. The predicted molar refractivity (Wildman–Crippen MR) is 34.7 cm³/mol. The maximum Gasteiger partial charge on any atom is 2.00 e. The summed E-state index contributed by atoms with van der Waals surface area (Å²) in [5, 5.41) is 17.8. The second kappa shape index (κ2) is 29.2. The van der Waals surface area contributed by atoms with Gasteiger partial charge in [-0.05, 0) is 13.8 Å². The van der Waals surface area contributed by atoms with E-state index in [4.69, 9.17) is 29.3 Å². The minimum atomic E-state index is -1.08. The molecule has 0 aromatic carbocycles. The molecule has 0 aliphatic rings. The van der Waals surface area contributed by atoms with Crippen LogP contribution >= 0.6 is 8.69 Å². The Hall–Kier alpha value is 1.26. The molecular formula is C4H6CaNaO6P. The Labute approximate surface area is 129 Å². The van der Waals surface area contributed by atoms with Crippen LogP contribution in [0.15, 0.2) is 0 Å². The number of rotatable bonds is 0. The fourth-order valence-electron chi connectivity index (χ4n) is 0. The van der Waals surface area contributed by atoms with E-state index in [-0.39, 0.29) is 67.3 Å². The Balaban J connectivity index is -0.0000000231. The zero-order chi connectivity index (χ0) is 9.86. The van der Waals surface area contributed by atoms with Gasteiger partial charge in [-0.25, -0.2) is 0 Å². The molecule has 0 rings (SSSR count). The summed E-state index contributed by atoms with van der Waals surface area (Å²) in [6.07, 6.45) is 0. The van der Waals surface area contributed by atoms with E-state index < -0.39 is 20.6 Å². The molecule has 0 saturated heterocycles. The minimum absolute atomic E-state index is 0. The molecule has 0 aliphatic heterocycles. The average molecular weight is 244 g/mol. The standard InChI is InChI=1S/2C2H4O2.Ca.Na.HO2P/c2*1-2(3)4;;;1-3-2/h2*1H3,(H,3,4);;;(H,1,2)/q;;+2;+1;/p-3. The molecule has 0 heterocycles. The molecule has 0 saturated carbocycles. The van der Waals surface area contributed by atoms with Gasteiger partial charge in [-0.1, -0.05) is 0 Å². The van der Waals surface area contributed by atoms with Gasteiger partial charge in [-0.3, -0.25) is 4.57 Å². The molecule has 0 fully saturated rings. The van der Waals surface area contributed by atoms with Crippen LogP contribution in [0.5, 0.6) is 0 Å². The van der Waals surface area contributed by atoms with Gasteiger partial charge in [-0.2, -0.15) is 0 Å². The number of carbonyl (C=O) groups excluding carboxylic acids is 2. The predicted octanol–water partition coefficient (Wildman–Crippen LogP) is -6.31. The van der Waals surface area contributed by atoms with Crippen molar-refractivity contribution in [1.82, 2.24) is 0 Å². The van der Waals surface area contributed by atoms with Gasteiger partial charge in [0.1, 0.15) is 0 Å². The molecule has 0 radical (unpaired) electrons. The van der Waals surface area contributed by atoms with Gasteiger partial charge in [0.25, 0.3) is 0 Å². The summed E-state index contributed by atoms with van der Waals surface area (Å²) in [5.74, 6) is -2.17. The average Bonchev–Trinajstić information content (AvgIpc) is 1.60. The summed E-state index contributed by atoms with van der Waals surface area (Å²) in [5.41, 5.74) is 0. The Morgan fingerprint density at radius 1 is 1.08 bits per heavy atom. The Bertz CT molecular complexity index is 112. The summed E-state index contributed by atoms with van der Waals surface area (Å²) in [6, 6.07) is 0. The molecule has 13 heavy (non-hydrogen) atoms. The third kappa shape index (κ3) is 1060. The molecule has 0 aromatic rings. The van der Waals surface area contributed by atoms with Crippen molar-refractivity contribution < 1.29 is 58.8 Å². The summed E-state index contributed by atoms with van der Waals surface area (Å²) in [6.45, 7) is 1.94. The SMILES string of the molecule is CC(=O)[O-].CC(=O)[O-].O=P[O-].[Ca+2].[Na+]. The van der Waals surface area contributed by atoms with Crippen LogP contribution in [0.2, 0.25) is 0 Å². The molecule has 0 unspecified atom stereocenters. The van der Waals surface area contributed by atoms with Crippen LogP contribution in [0.1, 0.15) is 13.8 Å². The third-order valence-electron chi connectivity index (χ3n) is 0. The van der Waals surface area contributed by atoms with Crippen molar-refractivity contribution in [2.24, 2.45) is 0 Å². The smallest absolute Gasteiger partial charge is 0.772 e. The van der Waals surface area contributed by atoms with Crippen molar-refractivity contribution in [3.05, 3.63) is 0 Å². The molecule has 0 amide bonds. The van der Waals surface area contributed by atoms with Crippen LogP contribution in [-0.2, 0) is 14.2 Å². The first kappa shape index (κ1) is 29.2. The Kier molecular flexibility index (Phi) is 65.7. The number of aliphatic carboxylic acids is 2. The Morgan fingerprint density at radius 2 is 1.08 bits per heavy atom. The number of hydrogen-bond acceptors (Lipinski definition) is 6. The van der Waals surface area contributed by atoms with Crippen LogP contribution < -0.4 is 44.7 Å². The summed E-state index contributed by atoms with van der Waals surface area (Å²) >= 11 is 0. The van der Waals surface area contributed by atoms with E-state index in [9.17, 15) is 0 Å². The third-order valence-corrected chi connectivity index (χ3v) is 0. The van der Waals surface area contributed by atoms with Gasteiger partial charge in [-0.15, -0.1) is 0 Å². The molecule has 0 atom stereocenters. The van der Waals surface area contributed by atoms with Gasteiger partial charge in [0, 0.05) is 11.9 Å². The van der Waals surface area contributed by atoms with Gasteiger partial charge < -0.3 is 24.7 Å². The minimum Gasteiger partial charge on any atom is -0.772 e. The molecule has 66 valence electrons. The van der Waals surface area contributed by atoms with E-state index in [2.05, 4.69) is 0 Å². The van der Waals surface area contributed by atoms with Crippen molar-refractivity contribution >= 4 is 58.4 Å². The van der Waals surface area contributed by atoms with Gasteiger partial charge >= 0.3 is 67.3 Å². The summed E-state index contributed by atoms with van der Waals surface area (Å²) < 4.78 is 8.35. The van der Waals surface area contributed by atoms with E-state index in [1.54, 1.807) is 0 Å². The van der Waals surface area contributed by atoms with Crippen molar-refractivity contribution in [3.63, 3.8) is 0 Å².